The van der Waals surface area contributed by atoms with Crippen LogP contribution in [0, 0.1) is 5.41 Å². The second-order valence-electron chi connectivity index (χ2n) is 2.84. The molecule has 0 heterocycles. The monoisotopic (exact) mass is 172 g/mol. The molecule has 0 aromatic carbocycles. The van der Waals surface area contributed by atoms with E-state index in [9.17, 15) is 22.4 Å². The summed E-state index contributed by atoms with van der Waals surface area (Å²) in [7, 11) is 0. The van der Waals surface area contributed by atoms with E-state index in [1.165, 1.54) is 0 Å². The van der Waals surface area contributed by atoms with Crippen LogP contribution in [0.4, 0.5) is 17.6 Å². The maximum absolute atomic E-state index is 12.3. The van der Waals surface area contributed by atoms with Crippen molar-refractivity contribution in [1.82, 2.24) is 0 Å². The van der Waals surface area contributed by atoms with Crippen LogP contribution >= 0.6 is 0 Å². The van der Waals surface area contributed by atoms with E-state index in [0.717, 1.165) is 13.8 Å². The van der Waals surface area contributed by atoms with E-state index in [4.69, 9.17) is 0 Å². The van der Waals surface area contributed by atoms with E-state index in [1.54, 1.807) is 0 Å². The van der Waals surface area contributed by atoms with E-state index in [1.807, 2.05) is 0 Å². The standard InChI is InChI=1S/C6H8F4O/c1-5(2,3-11)4(7)6(8,9)10/h3-4H,1-2H3. The third-order valence-corrected chi connectivity index (χ3v) is 1.24. The first-order valence-electron chi connectivity index (χ1n) is 2.89. The van der Waals surface area contributed by atoms with Gasteiger partial charge in [-0.3, -0.25) is 0 Å². The van der Waals surface area contributed by atoms with Crippen molar-refractivity contribution in [3.8, 4) is 0 Å². The van der Waals surface area contributed by atoms with Gasteiger partial charge in [-0.15, -0.1) is 0 Å². The van der Waals surface area contributed by atoms with Gasteiger partial charge in [-0.2, -0.15) is 13.2 Å². The Hall–Kier alpha value is -0.610. The number of hydrogen-bond acceptors (Lipinski definition) is 1. The molecule has 0 aliphatic carbocycles. The lowest BCUT2D eigenvalue weighted by atomic mass is 9.89. The fourth-order valence-corrected chi connectivity index (χ4v) is 0.482. The summed E-state index contributed by atoms with van der Waals surface area (Å²) in [5, 5.41) is 0. The number of halogens is 4. The van der Waals surface area contributed by atoms with Gasteiger partial charge in [-0.05, 0) is 0 Å². The fourth-order valence-electron chi connectivity index (χ4n) is 0.482. The van der Waals surface area contributed by atoms with Crippen LogP contribution in [0.1, 0.15) is 13.8 Å². The zero-order chi connectivity index (χ0) is 9.28. The Morgan fingerprint density at radius 1 is 1.27 bits per heavy atom. The molecule has 0 spiro atoms. The maximum atomic E-state index is 12.3. The molecule has 0 N–H and O–H groups in total. The summed E-state index contributed by atoms with van der Waals surface area (Å²) in [5.41, 5.74) is -1.99. The van der Waals surface area contributed by atoms with Crippen LogP contribution < -0.4 is 0 Å². The predicted octanol–water partition coefficient (Wildman–Crippen LogP) is 2.11. The first-order chi connectivity index (χ1) is 4.72. The molecule has 0 fully saturated rings. The Balaban J connectivity index is 4.48. The van der Waals surface area contributed by atoms with Crippen molar-refractivity contribution >= 4 is 6.29 Å². The Bertz CT molecular complexity index is 149. The molecule has 0 bridgehead atoms. The molecule has 0 saturated carbocycles. The van der Waals surface area contributed by atoms with Crippen LogP contribution in [0.25, 0.3) is 0 Å². The van der Waals surface area contributed by atoms with Gasteiger partial charge in [0, 0.05) is 0 Å². The third-order valence-electron chi connectivity index (χ3n) is 1.24. The number of hydrogen-bond donors (Lipinski definition) is 0. The van der Waals surface area contributed by atoms with Crippen molar-refractivity contribution in [1.29, 1.82) is 0 Å². The lowest BCUT2D eigenvalue weighted by Gasteiger charge is -2.23. The molecule has 0 aliphatic heterocycles. The lowest BCUT2D eigenvalue weighted by Crippen LogP contribution is -2.39. The molecule has 0 amide bonds. The van der Waals surface area contributed by atoms with Crippen LogP contribution in [-0.2, 0) is 4.79 Å². The van der Waals surface area contributed by atoms with Crippen molar-refractivity contribution < 1.29 is 22.4 Å². The number of aldehydes is 1. The van der Waals surface area contributed by atoms with Gasteiger partial charge in [-0.25, -0.2) is 4.39 Å². The summed E-state index contributed by atoms with van der Waals surface area (Å²) in [4.78, 5) is 9.97. The normalized spacial score (nSPS) is 16.2. The molecule has 0 aromatic heterocycles. The van der Waals surface area contributed by atoms with Gasteiger partial charge < -0.3 is 4.79 Å². The third kappa shape index (κ3) is 2.48. The van der Waals surface area contributed by atoms with Crippen molar-refractivity contribution in [2.24, 2.45) is 5.41 Å². The number of alkyl halides is 4. The van der Waals surface area contributed by atoms with E-state index < -0.39 is 17.8 Å². The highest BCUT2D eigenvalue weighted by Crippen LogP contribution is 2.34. The fraction of sp³-hybridized carbons (Fsp3) is 0.833. The average molecular weight is 172 g/mol. The first kappa shape index (κ1) is 10.4. The molecule has 1 nitrogen and oxygen atoms in total. The van der Waals surface area contributed by atoms with E-state index >= 15 is 0 Å². The summed E-state index contributed by atoms with van der Waals surface area (Å²) in [5.74, 6) is 0. The Kier molecular flexibility index (Phi) is 2.64. The molecule has 0 aliphatic rings. The van der Waals surface area contributed by atoms with Crippen molar-refractivity contribution in [3.63, 3.8) is 0 Å². The van der Waals surface area contributed by atoms with Gasteiger partial charge in [0.2, 0.25) is 6.17 Å². The van der Waals surface area contributed by atoms with Crippen molar-refractivity contribution in [2.75, 3.05) is 0 Å². The highest BCUT2D eigenvalue weighted by atomic mass is 19.4. The number of carbonyl (C=O) groups excluding carboxylic acids is 1. The summed E-state index contributed by atoms with van der Waals surface area (Å²) in [6.07, 6.45) is -8.08. The van der Waals surface area contributed by atoms with Crippen LogP contribution in [-0.4, -0.2) is 18.6 Å². The molecule has 66 valence electrons. The highest BCUT2D eigenvalue weighted by molar-refractivity contribution is 5.59. The molecular weight excluding hydrogens is 164 g/mol. The molecule has 0 radical (unpaired) electrons. The summed E-state index contributed by atoms with van der Waals surface area (Å²) in [6, 6.07) is 0. The highest BCUT2D eigenvalue weighted by Gasteiger charge is 2.49. The van der Waals surface area contributed by atoms with Crippen LogP contribution in [0.2, 0.25) is 0 Å². The molecule has 5 heteroatoms. The van der Waals surface area contributed by atoms with E-state index in [0.29, 0.717) is 0 Å². The number of rotatable bonds is 2. The second kappa shape index (κ2) is 2.79. The molecular formula is C6H8F4O. The van der Waals surface area contributed by atoms with E-state index in [2.05, 4.69) is 0 Å². The smallest absolute Gasteiger partial charge is 0.303 e. The van der Waals surface area contributed by atoms with Crippen LogP contribution in [0.3, 0.4) is 0 Å². The minimum atomic E-state index is -4.95. The average Bonchev–Trinajstić information content (AvgIpc) is 1.84. The van der Waals surface area contributed by atoms with Gasteiger partial charge in [0.1, 0.15) is 6.29 Å². The van der Waals surface area contributed by atoms with E-state index in [-0.39, 0.29) is 6.29 Å². The van der Waals surface area contributed by atoms with Gasteiger partial charge in [0.25, 0.3) is 0 Å². The lowest BCUT2D eigenvalue weighted by molar-refractivity contribution is -0.205. The maximum Gasteiger partial charge on any atom is 0.420 e. The van der Waals surface area contributed by atoms with Crippen LogP contribution in [0.5, 0.6) is 0 Å². The van der Waals surface area contributed by atoms with Crippen molar-refractivity contribution in [3.05, 3.63) is 0 Å². The minimum absolute atomic E-state index is 0.0366. The van der Waals surface area contributed by atoms with Gasteiger partial charge >= 0.3 is 6.18 Å². The second-order valence-corrected chi connectivity index (χ2v) is 2.84. The molecule has 1 unspecified atom stereocenters. The van der Waals surface area contributed by atoms with Gasteiger partial charge in [-0.1, -0.05) is 13.8 Å². The molecule has 0 aromatic rings. The Morgan fingerprint density at radius 3 is 1.73 bits per heavy atom. The summed E-state index contributed by atoms with van der Waals surface area (Å²) < 4.78 is 47.1. The largest absolute Gasteiger partial charge is 0.420 e. The zero-order valence-corrected chi connectivity index (χ0v) is 6.07. The van der Waals surface area contributed by atoms with Gasteiger partial charge in [0.05, 0.1) is 5.41 Å². The number of carbonyl (C=O) groups is 1. The molecule has 0 saturated heterocycles. The van der Waals surface area contributed by atoms with Crippen molar-refractivity contribution in [2.45, 2.75) is 26.2 Å². The predicted molar refractivity (Wildman–Crippen MR) is 30.8 cm³/mol. The molecule has 0 rings (SSSR count). The van der Waals surface area contributed by atoms with Crippen LogP contribution in [0.15, 0.2) is 0 Å². The minimum Gasteiger partial charge on any atom is -0.303 e. The first-order valence-corrected chi connectivity index (χ1v) is 2.89. The topological polar surface area (TPSA) is 17.1 Å². The quantitative estimate of drug-likeness (QED) is 0.460. The zero-order valence-electron chi connectivity index (χ0n) is 6.07. The van der Waals surface area contributed by atoms with Gasteiger partial charge in [0.15, 0.2) is 0 Å². The Morgan fingerprint density at radius 2 is 1.64 bits per heavy atom. The summed E-state index contributed by atoms with van der Waals surface area (Å²) >= 11 is 0. The summed E-state index contributed by atoms with van der Waals surface area (Å²) in [6.45, 7) is 1.80. The molecule has 1 atom stereocenters. The molecule has 11 heavy (non-hydrogen) atoms. The SMILES string of the molecule is CC(C)(C=O)C(F)C(F)(F)F. The Labute approximate surface area is 61.4 Å².